The van der Waals surface area contributed by atoms with Crippen LogP contribution in [0.3, 0.4) is 0 Å². The number of rotatable bonds is 7. The predicted molar refractivity (Wildman–Crippen MR) is 125 cm³/mol. The molecule has 1 aliphatic heterocycles. The van der Waals surface area contributed by atoms with Gasteiger partial charge in [0.15, 0.2) is 0 Å². The fourth-order valence-electron chi connectivity index (χ4n) is 5.06. The summed E-state index contributed by atoms with van der Waals surface area (Å²) in [6, 6.07) is 13.4. The third-order valence-corrected chi connectivity index (χ3v) is 6.94. The molecule has 0 spiro atoms. The highest BCUT2D eigenvalue weighted by atomic mass is 16.2. The molecule has 1 aromatic heterocycles. The number of benzene rings is 1. The molecule has 1 aliphatic carbocycles. The lowest BCUT2D eigenvalue weighted by atomic mass is 9.72. The van der Waals surface area contributed by atoms with Crippen LogP contribution in [0.1, 0.15) is 57.1 Å². The molecule has 0 atom stereocenters. The van der Waals surface area contributed by atoms with Gasteiger partial charge in [0.1, 0.15) is 5.82 Å². The summed E-state index contributed by atoms with van der Waals surface area (Å²) < 4.78 is 0. The van der Waals surface area contributed by atoms with Gasteiger partial charge in [-0.3, -0.25) is 4.90 Å². The minimum Gasteiger partial charge on any atom is -0.396 e. The van der Waals surface area contributed by atoms with Gasteiger partial charge in [-0.05, 0) is 79.8 Å². The Kier molecular flexibility index (Phi) is 6.74. The van der Waals surface area contributed by atoms with E-state index in [0.717, 1.165) is 57.1 Å². The second-order valence-electron chi connectivity index (χ2n) is 9.60. The second kappa shape index (κ2) is 9.49. The van der Waals surface area contributed by atoms with Gasteiger partial charge in [0.2, 0.25) is 0 Å². The zero-order valence-corrected chi connectivity index (χ0v) is 18.7. The molecular formula is C26H37N3O. The quantitative estimate of drug-likeness (QED) is 0.679. The smallest absolute Gasteiger partial charge is 0.129 e. The fourth-order valence-corrected chi connectivity index (χ4v) is 5.06. The summed E-state index contributed by atoms with van der Waals surface area (Å²) in [5.41, 5.74) is 5.65. The number of anilines is 1. The van der Waals surface area contributed by atoms with E-state index in [1.807, 2.05) is 0 Å². The molecular weight excluding hydrogens is 370 g/mol. The molecule has 4 rings (SSSR count). The molecule has 2 heterocycles. The first kappa shape index (κ1) is 21.3. The number of unbranched alkanes of at least 4 members (excludes halogenated alkanes) is 2. The molecule has 0 radical (unpaired) electrons. The van der Waals surface area contributed by atoms with E-state index in [1.165, 1.54) is 42.4 Å². The van der Waals surface area contributed by atoms with Gasteiger partial charge in [-0.1, -0.05) is 32.0 Å². The lowest BCUT2D eigenvalue weighted by Gasteiger charge is -2.35. The molecule has 162 valence electrons. The Bertz CT molecular complexity index is 840. The topological polar surface area (TPSA) is 39.6 Å². The highest BCUT2D eigenvalue weighted by molar-refractivity contribution is 5.64. The van der Waals surface area contributed by atoms with Crippen molar-refractivity contribution in [2.75, 3.05) is 44.2 Å². The molecule has 4 nitrogen and oxygen atoms in total. The van der Waals surface area contributed by atoms with Crippen molar-refractivity contribution < 1.29 is 5.11 Å². The summed E-state index contributed by atoms with van der Waals surface area (Å²) in [4.78, 5) is 10.0. The molecule has 2 aromatic rings. The number of aromatic nitrogens is 1. The van der Waals surface area contributed by atoms with Crippen molar-refractivity contribution in [1.29, 1.82) is 0 Å². The van der Waals surface area contributed by atoms with Crippen LogP contribution in [0.2, 0.25) is 0 Å². The third kappa shape index (κ3) is 4.87. The van der Waals surface area contributed by atoms with Gasteiger partial charge in [-0.2, -0.15) is 0 Å². The van der Waals surface area contributed by atoms with E-state index >= 15 is 0 Å². The molecule has 4 heteroatoms. The van der Waals surface area contributed by atoms with Crippen LogP contribution in [-0.2, 0) is 11.8 Å². The Morgan fingerprint density at radius 1 is 1.00 bits per heavy atom. The minimum absolute atomic E-state index is 0.291. The third-order valence-electron chi connectivity index (χ3n) is 6.94. The van der Waals surface area contributed by atoms with Crippen LogP contribution in [0.15, 0.2) is 36.4 Å². The molecule has 1 aromatic carbocycles. The van der Waals surface area contributed by atoms with Gasteiger partial charge in [0.05, 0.1) is 5.69 Å². The molecule has 1 N–H and O–H groups in total. The van der Waals surface area contributed by atoms with E-state index < -0.39 is 0 Å². The van der Waals surface area contributed by atoms with Gasteiger partial charge < -0.3 is 10.0 Å². The molecule has 0 unspecified atom stereocenters. The standard InChI is InChI=1S/C26H37N3O/c1-26(2)13-7-8-21-20-22(11-12-23(21)26)24-9-6-10-25(27-24)29-17-15-28(16-18-29)14-4-3-5-19-30/h6,9-12,20,30H,3-5,7-8,13-19H2,1-2H3. The number of aryl methyl sites for hydroxylation is 1. The van der Waals surface area contributed by atoms with Crippen LogP contribution in [0.25, 0.3) is 11.3 Å². The summed E-state index contributed by atoms with van der Waals surface area (Å²) >= 11 is 0. The Balaban J connectivity index is 1.42. The summed E-state index contributed by atoms with van der Waals surface area (Å²) in [5.74, 6) is 1.10. The zero-order valence-electron chi connectivity index (χ0n) is 18.7. The second-order valence-corrected chi connectivity index (χ2v) is 9.60. The maximum absolute atomic E-state index is 8.92. The SMILES string of the molecule is CC1(C)CCCc2cc(-c3cccc(N4CCN(CCCCCO)CC4)n3)ccc21. The molecule has 0 saturated carbocycles. The Morgan fingerprint density at radius 3 is 2.63 bits per heavy atom. The maximum Gasteiger partial charge on any atom is 0.129 e. The first-order valence-electron chi connectivity index (χ1n) is 11.8. The number of hydrogen-bond acceptors (Lipinski definition) is 4. The predicted octanol–water partition coefficient (Wildman–Crippen LogP) is 4.65. The van der Waals surface area contributed by atoms with Crippen LogP contribution < -0.4 is 4.90 Å². The Labute approximate surface area is 181 Å². The van der Waals surface area contributed by atoms with Gasteiger partial charge in [0, 0.05) is 38.3 Å². The van der Waals surface area contributed by atoms with Crippen molar-refractivity contribution in [1.82, 2.24) is 9.88 Å². The number of aliphatic hydroxyl groups excluding tert-OH is 1. The van der Waals surface area contributed by atoms with E-state index in [4.69, 9.17) is 10.1 Å². The summed E-state index contributed by atoms with van der Waals surface area (Å²) in [6.07, 6.45) is 6.98. The van der Waals surface area contributed by atoms with Crippen molar-refractivity contribution in [3.63, 3.8) is 0 Å². The summed E-state index contributed by atoms with van der Waals surface area (Å²) in [6.45, 7) is 10.5. The van der Waals surface area contributed by atoms with E-state index in [1.54, 1.807) is 0 Å². The van der Waals surface area contributed by atoms with Gasteiger partial charge in [0.25, 0.3) is 0 Å². The first-order chi connectivity index (χ1) is 14.6. The van der Waals surface area contributed by atoms with E-state index in [2.05, 4.69) is 60.0 Å². The normalized spacial score (nSPS) is 19.0. The van der Waals surface area contributed by atoms with Crippen molar-refractivity contribution in [3.05, 3.63) is 47.5 Å². The molecule has 1 saturated heterocycles. The van der Waals surface area contributed by atoms with Gasteiger partial charge >= 0.3 is 0 Å². The van der Waals surface area contributed by atoms with Crippen molar-refractivity contribution >= 4 is 5.82 Å². The average molecular weight is 408 g/mol. The van der Waals surface area contributed by atoms with Crippen LogP contribution >= 0.6 is 0 Å². The maximum atomic E-state index is 8.92. The number of pyridine rings is 1. The van der Waals surface area contributed by atoms with Crippen LogP contribution in [0, 0.1) is 0 Å². The molecule has 2 aliphatic rings. The number of hydrogen-bond donors (Lipinski definition) is 1. The minimum atomic E-state index is 0.291. The Morgan fingerprint density at radius 2 is 1.83 bits per heavy atom. The van der Waals surface area contributed by atoms with Crippen LogP contribution in [0.4, 0.5) is 5.82 Å². The van der Waals surface area contributed by atoms with Gasteiger partial charge in [-0.25, -0.2) is 4.98 Å². The van der Waals surface area contributed by atoms with E-state index in [9.17, 15) is 0 Å². The lowest BCUT2D eigenvalue weighted by Crippen LogP contribution is -2.46. The zero-order chi connectivity index (χ0) is 21.0. The van der Waals surface area contributed by atoms with E-state index in [-0.39, 0.29) is 0 Å². The highest BCUT2D eigenvalue weighted by Gasteiger charge is 2.27. The van der Waals surface area contributed by atoms with Gasteiger partial charge in [-0.15, -0.1) is 0 Å². The molecule has 0 bridgehead atoms. The number of nitrogens with zero attached hydrogens (tertiary/aromatic N) is 3. The first-order valence-corrected chi connectivity index (χ1v) is 11.8. The van der Waals surface area contributed by atoms with Crippen LogP contribution in [-0.4, -0.2) is 54.3 Å². The van der Waals surface area contributed by atoms with Crippen LogP contribution in [0.5, 0.6) is 0 Å². The van der Waals surface area contributed by atoms with Crippen molar-refractivity contribution in [2.45, 2.75) is 57.8 Å². The lowest BCUT2D eigenvalue weighted by molar-refractivity contribution is 0.242. The monoisotopic (exact) mass is 407 g/mol. The molecule has 1 fully saturated rings. The largest absolute Gasteiger partial charge is 0.396 e. The number of piperazine rings is 1. The summed E-state index contributed by atoms with van der Waals surface area (Å²) in [7, 11) is 0. The average Bonchev–Trinajstić information content (AvgIpc) is 2.77. The highest BCUT2D eigenvalue weighted by Crippen LogP contribution is 2.38. The van der Waals surface area contributed by atoms with E-state index in [0.29, 0.717) is 12.0 Å². The number of fused-ring (bicyclic) bond motifs is 1. The number of aliphatic hydroxyl groups is 1. The van der Waals surface area contributed by atoms with Crippen molar-refractivity contribution in [3.8, 4) is 11.3 Å². The summed E-state index contributed by atoms with van der Waals surface area (Å²) in [5, 5.41) is 8.92. The molecule has 0 amide bonds. The fraction of sp³-hybridized carbons (Fsp3) is 0.577. The van der Waals surface area contributed by atoms with Crippen molar-refractivity contribution in [2.24, 2.45) is 0 Å². The molecule has 30 heavy (non-hydrogen) atoms. The Hall–Kier alpha value is -1.91.